The molecule has 0 bridgehead atoms. The van der Waals surface area contributed by atoms with Gasteiger partial charge in [0.1, 0.15) is 24.1 Å². The van der Waals surface area contributed by atoms with Crippen LogP contribution in [-0.2, 0) is 13.8 Å². The first kappa shape index (κ1) is 24.5. The molecular weight excluding hydrogens is 451 g/mol. The second-order valence-electron chi connectivity index (χ2n) is 8.22. The number of aromatic nitrogens is 4. The number of hydrogen-bond donors (Lipinski definition) is 4. The van der Waals surface area contributed by atoms with Gasteiger partial charge in [-0.15, -0.1) is 0 Å². The molecule has 174 valence electrons. The van der Waals surface area contributed by atoms with Gasteiger partial charge in [0.25, 0.3) is 0 Å². The van der Waals surface area contributed by atoms with Crippen LogP contribution >= 0.6 is 19.2 Å². The van der Waals surface area contributed by atoms with E-state index in [0.29, 0.717) is 17.6 Å². The summed E-state index contributed by atoms with van der Waals surface area (Å²) >= 11 is 6.02. The van der Waals surface area contributed by atoms with Gasteiger partial charge in [-0.2, -0.15) is 0 Å². The van der Waals surface area contributed by atoms with Crippen molar-refractivity contribution in [2.24, 2.45) is 0 Å². The van der Waals surface area contributed by atoms with E-state index < -0.39 is 43.1 Å². The number of nitrogens with zero attached hydrogens (tertiary/aromatic N) is 4. The van der Waals surface area contributed by atoms with Gasteiger partial charge in [-0.05, 0) is 26.7 Å². The minimum absolute atomic E-state index is 0.00899. The number of halogens is 1. The van der Waals surface area contributed by atoms with Crippen LogP contribution < -0.4 is 0 Å². The molecule has 0 aromatic carbocycles. The number of hydrogen-bond acceptors (Lipinski definition) is 9. The molecule has 7 atom stereocenters. The summed E-state index contributed by atoms with van der Waals surface area (Å²) in [7, 11) is -4.42. The van der Waals surface area contributed by atoms with Gasteiger partial charge in [0.15, 0.2) is 22.4 Å². The van der Waals surface area contributed by atoms with Crippen molar-refractivity contribution in [2.75, 3.05) is 0 Å². The van der Waals surface area contributed by atoms with Crippen molar-refractivity contribution in [3.05, 3.63) is 17.8 Å². The number of ether oxygens (including phenoxy) is 1. The monoisotopic (exact) mass is 478 g/mol. The molecular formula is C18H28ClN4O7P. The van der Waals surface area contributed by atoms with Gasteiger partial charge in [-0.3, -0.25) is 9.13 Å². The molecule has 3 rings (SSSR count). The molecule has 2 aromatic rings. The smallest absolute Gasteiger partial charge is 0.359 e. The maximum Gasteiger partial charge on any atom is 0.359 e. The summed E-state index contributed by atoms with van der Waals surface area (Å²) in [6, 6.07) is 0. The molecule has 13 heteroatoms. The minimum Gasteiger partial charge on any atom is -0.388 e. The van der Waals surface area contributed by atoms with Crippen LogP contribution in [0.4, 0.5) is 0 Å². The highest BCUT2D eigenvalue weighted by Crippen LogP contribution is 2.59. The summed E-state index contributed by atoms with van der Waals surface area (Å²) < 4.78 is 25.6. The zero-order valence-electron chi connectivity index (χ0n) is 17.7. The number of imidazole rings is 1. The Labute approximate surface area is 184 Å². The lowest BCUT2D eigenvalue weighted by Gasteiger charge is -2.37. The fourth-order valence-electron chi connectivity index (χ4n) is 3.41. The lowest BCUT2D eigenvalue weighted by molar-refractivity contribution is -0.0689. The molecule has 3 heterocycles. The predicted molar refractivity (Wildman–Crippen MR) is 111 cm³/mol. The molecule has 2 aromatic heterocycles. The van der Waals surface area contributed by atoms with Crippen LogP contribution in [0.1, 0.15) is 53.2 Å². The minimum atomic E-state index is -4.42. The first-order valence-electron chi connectivity index (χ1n) is 9.96. The number of aliphatic hydroxyl groups excluding tert-OH is 2. The normalized spacial score (nSPS) is 30.1. The molecule has 11 nitrogen and oxygen atoms in total. The third kappa shape index (κ3) is 4.51. The Morgan fingerprint density at radius 3 is 2.52 bits per heavy atom. The van der Waals surface area contributed by atoms with Crippen LogP contribution in [0.25, 0.3) is 11.2 Å². The van der Waals surface area contributed by atoms with E-state index in [9.17, 15) is 24.8 Å². The van der Waals surface area contributed by atoms with E-state index in [0.717, 1.165) is 0 Å². The highest BCUT2D eigenvalue weighted by molar-refractivity contribution is 7.54. The molecule has 0 amide bonds. The third-order valence-corrected chi connectivity index (χ3v) is 8.43. The molecule has 0 saturated carbocycles. The average molecular weight is 479 g/mol. The van der Waals surface area contributed by atoms with Gasteiger partial charge in [0, 0.05) is 6.42 Å². The van der Waals surface area contributed by atoms with Crippen molar-refractivity contribution in [2.45, 2.75) is 82.4 Å². The van der Waals surface area contributed by atoms with Gasteiger partial charge in [-0.1, -0.05) is 25.4 Å². The SMILES string of the molecule is CCC(C)(CC1OC(n2cnc3c(Cl)ncnc32)C(O)C1O)OP(=O)(O)C(C)(O)CC. The first-order chi connectivity index (χ1) is 14.4. The molecule has 1 fully saturated rings. The lowest BCUT2D eigenvalue weighted by atomic mass is 9.93. The van der Waals surface area contributed by atoms with Crippen molar-refractivity contribution >= 4 is 30.4 Å². The summed E-state index contributed by atoms with van der Waals surface area (Å²) in [4.78, 5) is 22.4. The molecule has 4 N–H and O–H groups in total. The van der Waals surface area contributed by atoms with Crippen molar-refractivity contribution in [1.29, 1.82) is 0 Å². The zero-order chi connectivity index (χ0) is 23.2. The predicted octanol–water partition coefficient (Wildman–Crippen LogP) is 1.98. The molecule has 0 radical (unpaired) electrons. The highest BCUT2D eigenvalue weighted by atomic mass is 35.5. The van der Waals surface area contributed by atoms with Crippen LogP contribution in [0.5, 0.6) is 0 Å². The molecule has 0 aliphatic carbocycles. The Morgan fingerprint density at radius 2 is 1.90 bits per heavy atom. The summed E-state index contributed by atoms with van der Waals surface area (Å²) in [5, 5.41) is 29.7. The third-order valence-electron chi connectivity index (χ3n) is 5.93. The number of rotatable bonds is 8. The highest BCUT2D eigenvalue weighted by Gasteiger charge is 2.50. The number of fused-ring (bicyclic) bond motifs is 1. The Bertz CT molecular complexity index is 989. The molecule has 1 saturated heterocycles. The maximum absolute atomic E-state index is 12.7. The van der Waals surface area contributed by atoms with Crippen LogP contribution in [0.3, 0.4) is 0 Å². The molecule has 0 spiro atoms. The topological polar surface area (TPSA) is 160 Å². The standard InChI is InChI=1S/C18H28ClN4O7P/c1-5-17(3,30-31(27,28)18(4,26)6-2)7-10-12(24)13(25)16(29-10)23-9-22-11-14(19)20-8-21-15(11)23/h8-10,12-13,16,24-26H,5-7H2,1-4H3,(H,27,28). The van der Waals surface area contributed by atoms with Crippen LogP contribution in [0.2, 0.25) is 5.15 Å². The van der Waals surface area contributed by atoms with Crippen molar-refractivity contribution in [1.82, 2.24) is 19.5 Å². The van der Waals surface area contributed by atoms with Gasteiger partial charge < -0.3 is 29.5 Å². The van der Waals surface area contributed by atoms with E-state index in [-0.39, 0.29) is 18.0 Å². The van der Waals surface area contributed by atoms with Gasteiger partial charge in [0.05, 0.1) is 18.0 Å². The Hall–Kier alpha value is -1.17. The largest absolute Gasteiger partial charge is 0.388 e. The van der Waals surface area contributed by atoms with Crippen LogP contribution in [-0.4, -0.2) is 69.0 Å². The quantitative estimate of drug-likeness (QED) is 0.326. The Morgan fingerprint density at radius 1 is 1.23 bits per heavy atom. The fraction of sp³-hybridized carbons (Fsp3) is 0.722. The van der Waals surface area contributed by atoms with Crippen LogP contribution in [0, 0.1) is 0 Å². The van der Waals surface area contributed by atoms with Crippen LogP contribution in [0.15, 0.2) is 12.7 Å². The van der Waals surface area contributed by atoms with E-state index >= 15 is 0 Å². The van der Waals surface area contributed by atoms with E-state index in [2.05, 4.69) is 15.0 Å². The summed E-state index contributed by atoms with van der Waals surface area (Å²) in [6.07, 6.45) is -1.64. The van der Waals surface area contributed by atoms with E-state index in [1.54, 1.807) is 20.8 Å². The molecule has 1 aliphatic rings. The second-order valence-corrected chi connectivity index (χ2v) is 10.8. The van der Waals surface area contributed by atoms with Crippen molar-refractivity contribution in [3.8, 4) is 0 Å². The van der Waals surface area contributed by atoms with Crippen molar-refractivity contribution < 1.29 is 34.0 Å². The Kier molecular flexibility index (Phi) is 6.82. The molecule has 1 aliphatic heterocycles. The fourth-order valence-corrected chi connectivity index (χ4v) is 4.98. The van der Waals surface area contributed by atoms with Gasteiger partial charge in [-0.25, -0.2) is 15.0 Å². The van der Waals surface area contributed by atoms with Crippen molar-refractivity contribution in [3.63, 3.8) is 0 Å². The Balaban J connectivity index is 1.83. The summed E-state index contributed by atoms with van der Waals surface area (Å²) in [5.41, 5.74) is -0.570. The van der Waals surface area contributed by atoms with E-state index in [1.165, 1.54) is 24.1 Å². The van der Waals surface area contributed by atoms with E-state index in [4.69, 9.17) is 20.9 Å². The first-order valence-corrected chi connectivity index (χ1v) is 11.9. The maximum atomic E-state index is 12.7. The molecule has 7 unspecified atom stereocenters. The van der Waals surface area contributed by atoms with E-state index in [1.807, 2.05) is 0 Å². The van der Waals surface area contributed by atoms with Gasteiger partial charge >= 0.3 is 7.60 Å². The lowest BCUT2D eigenvalue weighted by Crippen LogP contribution is -2.40. The second kappa shape index (κ2) is 8.64. The molecule has 31 heavy (non-hydrogen) atoms. The number of aliphatic hydroxyl groups is 3. The van der Waals surface area contributed by atoms with Gasteiger partial charge in [0.2, 0.25) is 0 Å². The summed E-state index contributed by atoms with van der Waals surface area (Å²) in [5.74, 6) is 0. The summed E-state index contributed by atoms with van der Waals surface area (Å²) in [6.45, 7) is 6.16. The zero-order valence-corrected chi connectivity index (χ0v) is 19.4. The average Bonchev–Trinajstić information content (AvgIpc) is 3.25.